The zero-order valence-electron chi connectivity index (χ0n) is 13.8. The first-order chi connectivity index (χ1) is 11.5. The zero-order valence-corrected chi connectivity index (χ0v) is 13.8. The van der Waals surface area contributed by atoms with Crippen molar-refractivity contribution in [1.29, 1.82) is 0 Å². The molecule has 0 atom stereocenters. The van der Waals surface area contributed by atoms with Gasteiger partial charge in [-0.15, -0.1) is 0 Å². The molecule has 0 saturated heterocycles. The number of hydrogen-bond acceptors (Lipinski definition) is 5. The molecule has 0 spiro atoms. The van der Waals surface area contributed by atoms with Crippen LogP contribution in [0.3, 0.4) is 0 Å². The lowest BCUT2D eigenvalue weighted by molar-refractivity contribution is -0.384. The molecule has 1 aliphatic rings. The maximum absolute atomic E-state index is 11.9. The molecule has 7 heteroatoms. The van der Waals surface area contributed by atoms with Gasteiger partial charge >= 0.3 is 0 Å². The molecule has 0 radical (unpaired) electrons. The summed E-state index contributed by atoms with van der Waals surface area (Å²) in [5, 5.41) is 17.1. The summed E-state index contributed by atoms with van der Waals surface area (Å²) in [4.78, 5) is 33.9. The monoisotopic (exact) mass is 333 g/mol. The smallest absolute Gasteiger partial charge is 0.293 e. The van der Waals surface area contributed by atoms with E-state index in [2.05, 4.69) is 10.6 Å². The summed E-state index contributed by atoms with van der Waals surface area (Å²) >= 11 is 0. The first kappa shape index (κ1) is 17.9. The van der Waals surface area contributed by atoms with Gasteiger partial charge in [-0.1, -0.05) is 19.3 Å². The Morgan fingerprint density at radius 1 is 1.25 bits per heavy atom. The predicted molar refractivity (Wildman–Crippen MR) is 91.2 cm³/mol. The molecule has 1 aromatic rings. The normalized spacial score (nSPS) is 14.9. The van der Waals surface area contributed by atoms with Crippen molar-refractivity contribution in [1.82, 2.24) is 5.32 Å². The Bertz CT molecular complexity index is 624. The Balaban J connectivity index is 1.88. The molecule has 7 nitrogen and oxygen atoms in total. The SMILES string of the molecule is CC(=O)c1ccc(NCCC(=O)NC2CCCCC2)c([N+](=O)[O-])c1. The average Bonchev–Trinajstić information content (AvgIpc) is 2.55. The topological polar surface area (TPSA) is 101 Å². The van der Waals surface area contributed by atoms with E-state index in [-0.39, 0.29) is 29.8 Å². The molecule has 1 aromatic carbocycles. The van der Waals surface area contributed by atoms with Crippen LogP contribution in [0.25, 0.3) is 0 Å². The number of nitro benzene ring substituents is 1. The maximum atomic E-state index is 11.9. The third kappa shape index (κ3) is 5.04. The quantitative estimate of drug-likeness (QED) is 0.454. The minimum absolute atomic E-state index is 0.0441. The van der Waals surface area contributed by atoms with Gasteiger partial charge in [0, 0.05) is 30.6 Å². The van der Waals surface area contributed by atoms with Gasteiger partial charge in [-0.2, -0.15) is 0 Å². The predicted octanol–water partition coefficient (Wildman–Crippen LogP) is 3.05. The Hall–Kier alpha value is -2.44. The van der Waals surface area contributed by atoms with Gasteiger partial charge < -0.3 is 10.6 Å². The van der Waals surface area contributed by atoms with Crippen LogP contribution in [0.5, 0.6) is 0 Å². The summed E-state index contributed by atoms with van der Waals surface area (Å²) < 4.78 is 0. The van der Waals surface area contributed by atoms with Crippen LogP contribution < -0.4 is 10.6 Å². The first-order valence-electron chi connectivity index (χ1n) is 8.30. The lowest BCUT2D eigenvalue weighted by atomic mass is 9.95. The molecule has 0 unspecified atom stereocenters. The van der Waals surface area contributed by atoms with E-state index in [1.165, 1.54) is 25.5 Å². The van der Waals surface area contributed by atoms with Crippen molar-refractivity contribution < 1.29 is 14.5 Å². The number of hydrogen-bond donors (Lipinski definition) is 2. The van der Waals surface area contributed by atoms with Crippen molar-refractivity contribution in [2.75, 3.05) is 11.9 Å². The third-order valence-electron chi connectivity index (χ3n) is 4.24. The Morgan fingerprint density at radius 2 is 1.96 bits per heavy atom. The fourth-order valence-electron chi connectivity index (χ4n) is 2.91. The lowest BCUT2D eigenvalue weighted by Gasteiger charge is -2.22. The maximum Gasteiger partial charge on any atom is 0.293 e. The Kier molecular flexibility index (Phi) is 6.28. The van der Waals surface area contributed by atoms with Gasteiger partial charge in [-0.05, 0) is 31.9 Å². The molecule has 1 amide bonds. The summed E-state index contributed by atoms with van der Waals surface area (Å²) in [6, 6.07) is 4.57. The highest BCUT2D eigenvalue weighted by molar-refractivity contribution is 5.95. The molecule has 0 bridgehead atoms. The molecule has 0 aromatic heterocycles. The number of amides is 1. The zero-order chi connectivity index (χ0) is 17.5. The number of benzene rings is 1. The second kappa shape index (κ2) is 8.42. The second-order valence-electron chi connectivity index (χ2n) is 6.12. The minimum atomic E-state index is -0.531. The molecule has 2 N–H and O–H groups in total. The largest absolute Gasteiger partial charge is 0.379 e. The van der Waals surface area contributed by atoms with E-state index in [1.54, 1.807) is 6.07 Å². The van der Waals surface area contributed by atoms with Crippen molar-refractivity contribution in [3.05, 3.63) is 33.9 Å². The van der Waals surface area contributed by atoms with Crippen molar-refractivity contribution in [2.24, 2.45) is 0 Å². The highest BCUT2D eigenvalue weighted by Crippen LogP contribution is 2.25. The summed E-state index contributed by atoms with van der Waals surface area (Å²) in [7, 11) is 0. The number of nitrogens with one attached hydrogen (secondary N) is 2. The molecule has 0 aliphatic heterocycles. The molecular weight excluding hydrogens is 310 g/mol. The van der Waals surface area contributed by atoms with Crippen LogP contribution in [0.2, 0.25) is 0 Å². The molecule has 2 rings (SSSR count). The molecule has 0 heterocycles. The summed E-state index contributed by atoms with van der Waals surface area (Å²) in [6.45, 7) is 1.67. The van der Waals surface area contributed by atoms with Crippen molar-refractivity contribution in [3.8, 4) is 0 Å². The Morgan fingerprint density at radius 3 is 2.58 bits per heavy atom. The summed E-state index contributed by atoms with van der Waals surface area (Å²) in [5.74, 6) is -0.270. The number of anilines is 1. The van der Waals surface area contributed by atoms with Gasteiger partial charge in [-0.3, -0.25) is 19.7 Å². The van der Waals surface area contributed by atoms with E-state index < -0.39 is 4.92 Å². The van der Waals surface area contributed by atoms with Crippen LogP contribution in [-0.4, -0.2) is 29.2 Å². The average molecular weight is 333 g/mol. The lowest BCUT2D eigenvalue weighted by Crippen LogP contribution is -2.36. The van der Waals surface area contributed by atoms with E-state index in [4.69, 9.17) is 0 Å². The van der Waals surface area contributed by atoms with Gasteiger partial charge in [0.2, 0.25) is 5.91 Å². The van der Waals surface area contributed by atoms with Crippen LogP contribution in [0.1, 0.15) is 55.8 Å². The number of carbonyl (C=O) groups excluding carboxylic acids is 2. The molecule has 1 aliphatic carbocycles. The van der Waals surface area contributed by atoms with E-state index in [0.717, 1.165) is 25.7 Å². The van der Waals surface area contributed by atoms with E-state index >= 15 is 0 Å². The van der Waals surface area contributed by atoms with Gasteiger partial charge in [0.05, 0.1) is 4.92 Å². The number of Topliss-reactive ketones (excluding diaryl/α,β-unsaturated/α-hetero) is 1. The third-order valence-corrected chi connectivity index (χ3v) is 4.24. The van der Waals surface area contributed by atoms with Crippen LogP contribution >= 0.6 is 0 Å². The van der Waals surface area contributed by atoms with E-state index in [9.17, 15) is 19.7 Å². The number of nitro groups is 1. The molecule has 24 heavy (non-hydrogen) atoms. The standard InChI is InChI=1S/C17H23N3O4/c1-12(21)13-7-8-15(16(11-13)20(23)24)18-10-9-17(22)19-14-5-3-2-4-6-14/h7-8,11,14,18H,2-6,9-10H2,1H3,(H,19,22). The van der Waals surface area contributed by atoms with Crippen molar-refractivity contribution in [3.63, 3.8) is 0 Å². The number of rotatable bonds is 7. The summed E-state index contributed by atoms with van der Waals surface area (Å²) in [6.07, 6.45) is 5.83. The van der Waals surface area contributed by atoms with Gasteiger partial charge in [0.1, 0.15) is 5.69 Å². The number of carbonyl (C=O) groups is 2. The van der Waals surface area contributed by atoms with E-state index in [0.29, 0.717) is 17.8 Å². The fraction of sp³-hybridized carbons (Fsp3) is 0.529. The molecule has 130 valence electrons. The minimum Gasteiger partial charge on any atom is -0.379 e. The van der Waals surface area contributed by atoms with Crippen LogP contribution in [0, 0.1) is 10.1 Å². The van der Waals surface area contributed by atoms with Crippen LogP contribution in [-0.2, 0) is 4.79 Å². The first-order valence-corrected chi connectivity index (χ1v) is 8.30. The number of ketones is 1. The second-order valence-corrected chi connectivity index (χ2v) is 6.12. The summed E-state index contributed by atoms with van der Waals surface area (Å²) in [5.41, 5.74) is 0.452. The van der Waals surface area contributed by atoms with E-state index in [1.807, 2.05) is 0 Å². The number of nitrogens with zero attached hydrogens (tertiary/aromatic N) is 1. The molecule has 1 fully saturated rings. The van der Waals surface area contributed by atoms with Crippen LogP contribution in [0.4, 0.5) is 11.4 Å². The highest BCUT2D eigenvalue weighted by Gasteiger charge is 2.17. The molecular formula is C17H23N3O4. The highest BCUT2D eigenvalue weighted by atomic mass is 16.6. The van der Waals surface area contributed by atoms with Gasteiger partial charge in [0.25, 0.3) is 5.69 Å². The van der Waals surface area contributed by atoms with Gasteiger partial charge in [0.15, 0.2) is 5.78 Å². The fourth-order valence-corrected chi connectivity index (χ4v) is 2.91. The Labute approximate surface area is 141 Å². The van der Waals surface area contributed by atoms with Crippen molar-refractivity contribution >= 4 is 23.1 Å². The van der Waals surface area contributed by atoms with Crippen molar-refractivity contribution in [2.45, 2.75) is 51.5 Å². The van der Waals surface area contributed by atoms with Gasteiger partial charge in [-0.25, -0.2) is 0 Å². The molecule has 1 saturated carbocycles. The van der Waals surface area contributed by atoms with Crippen LogP contribution in [0.15, 0.2) is 18.2 Å².